The second kappa shape index (κ2) is 8.38. The molecule has 0 amide bonds. The summed E-state index contributed by atoms with van der Waals surface area (Å²) in [5.41, 5.74) is 3.01. The third kappa shape index (κ3) is 4.14. The highest BCUT2D eigenvalue weighted by Gasteiger charge is 2.18. The van der Waals surface area contributed by atoms with E-state index >= 15 is 0 Å². The van der Waals surface area contributed by atoms with E-state index in [0.717, 1.165) is 24.1 Å². The smallest absolute Gasteiger partial charge is 0.341 e. The van der Waals surface area contributed by atoms with Crippen LogP contribution in [0.4, 0.5) is 4.39 Å². The summed E-state index contributed by atoms with van der Waals surface area (Å²) < 4.78 is 20.1. The van der Waals surface area contributed by atoms with Crippen LogP contribution in [0.1, 0.15) is 35.0 Å². The normalized spacial score (nSPS) is 10.7. The minimum absolute atomic E-state index is 0.313. The Morgan fingerprint density at radius 2 is 2.00 bits per heavy atom. The van der Waals surface area contributed by atoms with E-state index in [2.05, 4.69) is 10.1 Å². The average Bonchev–Trinajstić information content (AvgIpc) is 3.10. The Bertz CT molecular complexity index is 861. The van der Waals surface area contributed by atoms with Crippen LogP contribution in [0.3, 0.4) is 0 Å². The average molecular weight is 353 g/mol. The molecule has 3 aromatic rings. The van der Waals surface area contributed by atoms with Crippen molar-refractivity contribution in [2.45, 2.75) is 26.2 Å². The molecule has 0 spiro atoms. The van der Waals surface area contributed by atoms with Crippen LogP contribution in [0.15, 0.2) is 55.0 Å². The molecule has 3 rings (SSSR count). The lowest BCUT2D eigenvalue weighted by atomic mass is 10.2. The number of hydrogen-bond donors (Lipinski definition) is 0. The van der Waals surface area contributed by atoms with Crippen LogP contribution < -0.4 is 0 Å². The zero-order valence-electron chi connectivity index (χ0n) is 14.6. The number of benzene rings is 1. The molecule has 26 heavy (non-hydrogen) atoms. The van der Waals surface area contributed by atoms with Crippen molar-refractivity contribution in [3.05, 3.63) is 77.6 Å². The number of nitrogens with zero attached hydrogens (tertiary/aromatic N) is 3. The molecule has 0 aliphatic heterocycles. The van der Waals surface area contributed by atoms with Crippen LogP contribution >= 0.6 is 0 Å². The summed E-state index contributed by atoms with van der Waals surface area (Å²) >= 11 is 0. The van der Waals surface area contributed by atoms with Gasteiger partial charge in [0.05, 0.1) is 24.2 Å². The monoisotopic (exact) mass is 353 g/mol. The molecule has 0 bridgehead atoms. The van der Waals surface area contributed by atoms with Gasteiger partial charge in [0.1, 0.15) is 11.4 Å². The van der Waals surface area contributed by atoms with Crippen molar-refractivity contribution >= 4 is 5.97 Å². The highest BCUT2D eigenvalue weighted by Crippen LogP contribution is 2.17. The Morgan fingerprint density at radius 3 is 2.69 bits per heavy atom. The van der Waals surface area contributed by atoms with E-state index in [1.807, 2.05) is 25.3 Å². The summed E-state index contributed by atoms with van der Waals surface area (Å²) in [5.74, 6) is -0.700. The van der Waals surface area contributed by atoms with E-state index in [1.165, 1.54) is 18.3 Å². The first kappa shape index (κ1) is 17.8. The van der Waals surface area contributed by atoms with Gasteiger partial charge in [-0.1, -0.05) is 13.0 Å². The molecule has 0 N–H and O–H groups in total. The molecule has 0 aliphatic rings. The number of rotatable bonds is 7. The molecule has 2 heterocycles. The van der Waals surface area contributed by atoms with E-state index in [4.69, 9.17) is 4.74 Å². The third-order valence-corrected chi connectivity index (χ3v) is 4.06. The summed E-state index contributed by atoms with van der Waals surface area (Å²) in [6.07, 6.45) is 7.18. The van der Waals surface area contributed by atoms with Crippen molar-refractivity contribution < 1.29 is 13.9 Å². The van der Waals surface area contributed by atoms with Crippen LogP contribution in [0.2, 0.25) is 0 Å². The van der Waals surface area contributed by atoms with Gasteiger partial charge in [0.2, 0.25) is 0 Å². The maximum atomic E-state index is 13.1. The van der Waals surface area contributed by atoms with Gasteiger partial charge >= 0.3 is 5.97 Å². The number of carbonyl (C=O) groups is 1. The topological polar surface area (TPSA) is 57.0 Å². The second-order valence-electron chi connectivity index (χ2n) is 5.85. The molecular formula is C20H20FN3O2. The van der Waals surface area contributed by atoms with Gasteiger partial charge in [-0.3, -0.25) is 4.98 Å². The van der Waals surface area contributed by atoms with E-state index in [9.17, 15) is 9.18 Å². The minimum Gasteiger partial charge on any atom is -0.462 e. The molecule has 5 nitrogen and oxygen atoms in total. The second-order valence-corrected chi connectivity index (χ2v) is 5.85. The van der Waals surface area contributed by atoms with Gasteiger partial charge in [0.25, 0.3) is 0 Å². The zero-order valence-corrected chi connectivity index (χ0v) is 14.6. The van der Waals surface area contributed by atoms with Crippen LogP contribution in [-0.2, 0) is 17.6 Å². The van der Waals surface area contributed by atoms with E-state index in [1.54, 1.807) is 23.0 Å². The van der Waals surface area contributed by atoms with E-state index < -0.39 is 0 Å². The lowest BCUT2D eigenvalue weighted by Crippen LogP contribution is -2.10. The summed E-state index contributed by atoms with van der Waals surface area (Å²) in [6, 6.07) is 9.88. The molecule has 2 aromatic heterocycles. The Kier molecular flexibility index (Phi) is 5.73. The number of esters is 1. The van der Waals surface area contributed by atoms with Crippen molar-refractivity contribution in [1.82, 2.24) is 14.8 Å². The van der Waals surface area contributed by atoms with E-state index in [-0.39, 0.29) is 11.8 Å². The maximum absolute atomic E-state index is 13.1. The van der Waals surface area contributed by atoms with Gasteiger partial charge in [-0.2, -0.15) is 5.10 Å². The van der Waals surface area contributed by atoms with Crippen molar-refractivity contribution in [3.63, 3.8) is 0 Å². The molecule has 0 fully saturated rings. The molecule has 0 aliphatic carbocycles. The van der Waals surface area contributed by atoms with Gasteiger partial charge in [-0.05, 0) is 55.2 Å². The summed E-state index contributed by atoms with van der Waals surface area (Å²) in [4.78, 5) is 16.5. The number of hydrogen-bond acceptors (Lipinski definition) is 4. The molecule has 0 radical (unpaired) electrons. The first-order chi connectivity index (χ1) is 12.7. The number of aryl methyl sites for hydroxylation is 1. The number of halogens is 1. The Labute approximate surface area is 151 Å². The van der Waals surface area contributed by atoms with Gasteiger partial charge in [-0.25, -0.2) is 13.9 Å². The number of pyridine rings is 1. The predicted octanol–water partition coefficient (Wildman–Crippen LogP) is 3.76. The van der Waals surface area contributed by atoms with Crippen LogP contribution in [-0.4, -0.2) is 27.3 Å². The standard InChI is InChI=1S/C20H20FN3O2/c1-2-19-18(14-23-24(19)17-9-7-16(21)8-10-17)20(25)26-12-4-6-15-5-3-11-22-13-15/h3,5,7-11,13-14H,2,4,6,12H2,1H3. The van der Waals surface area contributed by atoms with Gasteiger partial charge < -0.3 is 4.74 Å². The number of aromatic nitrogens is 3. The largest absolute Gasteiger partial charge is 0.462 e. The molecule has 0 atom stereocenters. The molecule has 0 unspecified atom stereocenters. The van der Waals surface area contributed by atoms with Gasteiger partial charge in [0.15, 0.2) is 0 Å². The van der Waals surface area contributed by atoms with Crippen molar-refractivity contribution in [3.8, 4) is 5.69 Å². The lowest BCUT2D eigenvalue weighted by molar-refractivity contribution is 0.0499. The third-order valence-electron chi connectivity index (χ3n) is 4.06. The highest BCUT2D eigenvalue weighted by molar-refractivity contribution is 5.90. The lowest BCUT2D eigenvalue weighted by Gasteiger charge is -2.08. The van der Waals surface area contributed by atoms with Gasteiger partial charge in [0, 0.05) is 12.4 Å². The Morgan fingerprint density at radius 1 is 1.19 bits per heavy atom. The summed E-state index contributed by atoms with van der Waals surface area (Å²) in [5, 5.41) is 4.27. The number of ether oxygens (including phenoxy) is 1. The number of carbonyl (C=O) groups excluding carboxylic acids is 1. The first-order valence-corrected chi connectivity index (χ1v) is 8.58. The summed E-state index contributed by atoms with van der Waals surface area (Å²) in [6.45, 7) is 2.27. The van der Waals surface area contributed by atoms with Crippen molar-refractivity contribution in [1.29, 1.82) is 0 Å². The predicted molar refractivity (Wildman–Crippen MR) is 95.7 cm³/mol. The highest BCUT2D eigenvalue weighted by atomic mass is 19.1. The fourth-order valence-corrected chi connectivity index (χ4v) is 2.75. The fraction of sp³-hybridized carbons (Fsp3) is 0.250. The molecular weight excluding hydrogens is 333 g/mol. The molecule has 6 heteroatoms. The Balaban J connectivity index is 1.63. The van der Waals surface area contributed by atoms with E-state index in [0.29, 0.717) is 24.3 Å². The minimum atomic E-state index is -0.388. The van der Waals surface area contributed by atoms with Crippen LogP contribution in [0, 0.1) is 5.82 Å². The van der Waals surface area contributed by atoms with Crippen LogP contribution in [0.25, 0.3) is 5.69 Å². The van der Waals surface area contributed by atoms with Crippen molar-refractivity contribution in [2.75, 3.05) is 6.61 Å². The Hall–Kier alpha value is -3.02. The molecule has 0 saturated heterocycles. The SMILES string of the molecule is CCc1c(C(=O)OCCCc2cccnc2)cnn1-c1ccc(F)cc1. The molecule has 1 aromatic carbocycles. The fourth-order valence-electron chi connectivity index (χ4n) is 2.75. The van der Waals surface area contributed by atoms with Crippen molar-refractivity contribution in [2.24, 2.45) is 0 Å². The quantitative estimate of drug-likeness (QED) is 0.479. The molecule has 134 valence electrons. The molecule has 0 saturated carbocycles. The zero-order chi connectivity index (χ0) is 18.4. The maximum Gasteiger partial charge on any atom is 0.341 e. The van der Waals surface area contributed by atoms with Gasteiger partial charge in [-0.15, -0.1) is 0 Å². The summed E-state index contributed by atoms with van der Waals surface area (Å²) in [7, 11) is 0. The van der Waals surface area contributed by atoms with Crippen LogP contribution in [0.5, 0.6) is 0 Å². The first-order valence-electron chi connectivity index (χ1n) is 8.58.